The zero-order valence-electron chi connectivity index (χ0n) is 6.20. The fraction of sp³-hybridized carbons (Fsp3) is 0. The minimum atomic E-state index is 0.682. The molecular formula is C9H6ClNO. The van der Waals surface area contributed by atoms with Crippen LogP contribution in [0.2, 0.25) is 5.02 Å². The molecule has 0 spiro atoms. The van der Waals surface area contributed by atoms with E-state index in [9.17, 15) is 0 Å². The molecule has 0 N–H and O–H groups in total. The summed E-state index contributed by atoms with van der Waals surface area (Å²) < 4.78 is 4.93. The Morgan fingerprint density at radius 2 is 2.25 bits per heavy atom. The summed E-state index contributed by atoms with van der Waals surface area (Å²) in [6.45, 7) is 0. The fourth-order valence-electron chi connectivity index (χ4n) is 0.973. The van der Waals surface area contributed by atoms with Crippen LogP contribution in [0.4, 0.5) is 0 Å². The second-order valence-corrected chi connectivity index (χ2v) is 2.81. The maximum absolute atomic E-state index is 5.79. The number of aromatic nitrogens is 1. The normalized spacial score (nSPS) is 10.1. The van der Waals surface area contributed by atoms with Crippen LogP contribution >= 0.6 is 11.6 Å². The highest BCUT2D eigenvalue weighted by atomic mass is 35.5. The molecule has 3 heteroatoms. The van der Waals surface area contributed by atoms with Gasteiger partial charge in [-0.05, 0) is 18.2 Å². The second kappa shape index (κ2) is 2.99. The van der Waals surface area contributed by atoms with E-state index in [1.165, 1.54) is 0 Å². The molecule has 0 fully saturated rings. The average molecular weight is 180 g/mol. The van der Waals surface area contributed by atoms with E-state index in [1.807, 2.05) is 6.07 Å². The molecule has 0 atom stereocenters. The van der Waals surface area contributed by atoms with Gasteiger partial charge >= 0.3 is 0 Å². The molecule has 60 valence electrons. The molecule has 0 saturated carbocycles. The number of furan rings is 1. The Hall–Kier alpha value is -1.28. The van der Waals surface area contributed by atoms with Crippen LogP contribution in [0.3, 0.4) is 0 Å². The zero-order valence-corrected chi connectivity index (χ0v) is 6.95. The minimum Gasteiger partial charge on any atom is -0.472 e. The predicted octanol–water partition coefficient (Wildman–Crippen LogP) is 3.00. The molecule has 2 nitrogen and oxygen atoms in total. The van der Waals surface area contributed by atoms with E-state index in [0.717, 1.165) is 11.3 Å². The Morgan fingerprint density at radius 3 is 2.92 bits per heavy atom. The summed E-state index contributed by atoms with van der Waals surface area (Å²) in [5, 5.41) is 0.682. The summed E-state index contributed by atoms with van der Waals surface area (Å²) >= 11 is 5.79. The van der Waals surface area contributed by atoms with Gasteiger partial charge in [-0.1, -0.05) is 11.6 Å². The van der Waals surface area contributed by atoms with Crippen LogP contribution in [0.1, 0.15) is 0 Å². The van der Waals surface area contributed by atoms with E-state index in [0.29, 0.717) is 5.02 Å². The molecule has 0 aliphatic heterocycles. The largest absolute Gasteiger partial charge is 0.472 e. The molecule has 0 aromatic carbocycles. The third-order valence-corrected chi connectivity index (χ3v) is 1.77. The average Bonchev–Trinajstić information content (AvgIpc) is 2.56. The topological polar surface area (TPSA) is 26.0 Å². The van der Waals surface area contributed by atoms with Crippen molar-refractivity contribution >= 4 is 11.6 Å². The van der Waals surface area contributed by atoms with Crippen molar-refractivity contribution < 1.29 is 4.42 Å². The summed E-state index contributed by atoms with van der Waals surface area (Å²) in [5.41, 5.74) is 1.77. The van der Waals surface area contributed by atoms with Gasteiger partial charge in [0.1, 0.15) is 0 Å². The second-order valence-electron chi connectivity index (χ2n) is 2.37. The number of hydrogen-bond donors (Lipinski definition) is 0. The zero-order chi connectivity index (χ0) is 8.39. The highest BCUT2D eigenvalue weighted by molar-refractivity contribution is 6.30. The molecule has 0 aliphatic carbocycles. The van der Waals surface area contributed by atoms with Gasteiger partial charge in [0.15, 0.2) is 0 Å². The van der Waals surface area contributed by atoms with Gasteiger partial charge in [0.2, 0.25) is 0 Å². The van der Waals surface area contributed by atoms with Gasteiger partial charge in [-0.2, -0.15) is 0 Å². The molecule has 2 aromatic heterocycles. The Bertz CT molecular complexity index is 370. The molecule has 2 aromatic rings. The van der Waals surface area contributed by atoms with E-state index in [1.54, 1.807) is 30.9 Å². The first-order valence-corrected chi connectivity index (χ1v) is 3.88. The Balaban J connectivity index is 2.48. The van der Waals surface area contributed by atoms with Crippen LogP contribution < -0.4 is 0 Å². The van der Waals surface area contributed by atoms with Gasteiger partial charge in [0.05, 0.1) is 18.2 Å². The molecule has 2 heterocycles. The van der Waals surface area contributed by atoms with Crippen molar-refractivity contribution in [1.29, 1.82) is 0 Å². The quantitative estimate of drug-likeness (QED) is 0.673. The number of nitrogens with zero attached hydrogens (tertiary/aromatic N) is 1. The lowest BCUT2D eigenvalue weighted by molar-refractivity contribution is 0.568. The lowest BCUT2D eigenvalue weighted by atomic mass is 10.2. The first kappa shape index (κ1) is 7.37. The van der Waals surface area contributed by atoms with Crippen molar-refractivity contribution in [2.45, 2.75) is 0 Å². The summed E-state index contributed by atoms with van der Waals surface area (Å²) in [6.07, 6.45) is 4.92. The number of halogens is 1. The predicted molar refractivity (Wildman–Crippen MR) is 46.9 cm³/mol. The molecule has 0 unspecified atom stereocenters. The summed E-state index contributed by atoms with van der Waals surface area (Å²) in [5.74, 6) is 0. The summed E-state index contributed by atoms with van der Waals surface area (Å²) in [7, 11) is 0. The third-order valence-electron chi connectivity index (χ3n) is 1.54. The van der Waals surface area contributed by atoms with Crippen LogP contribution in [0.5, 0.6) is 0 Å². The lowest BCUT2D eigenvalue weighted by Crippen LogP contribution is -1.78. The first-order chi connectivity index (χ1) is 5.86. The van der Waals surface area contributed by atoms with Gasteiger partial charge in [0, 0.05) is 16.8 Å². The Kier molecular flexibility index (Phi) is 1.84. The summed E-state index contributed by atoms with van der Waals surface area (Å²) in [4.78, 5) is 4.14. The van der Waals surface area contributed by atoms with Crippen molar-refractivity contribution in [3.8, 4) is 11.3 Å². The highest BCUT2D eigenvalue weighted by Crippen LogP contribution is 2.19. The molecule has 0 amide bonds. The van der Waals surface area contributed by atoms with Crippen molar-refractivity contribution in [3.05, 3.63) is 41.9 Å². The van der Waals surface area contributed by atoms with Gasteiger partial charge < -0.3 is 4.42 Å². The van der Waals surface area contributed by atoms with Crippen molar-refractivity contribution in [3.63, 3.8) is 0 Å². The fourth-order valence-corrected chi connectivity index (χ4v) is 1.13. The molecule has 12 heavy (non-hydrogen) atoms. The molecule has 0 bridgehead atoms. The molecular weight excluding hydrogens is 174 g/mol. The van der Waals surface area contributed by atoms with Crippen LogP contribution in [-0.2, 0) is 0 Å². The maximum Gasteiger partial charge on any atom is 0.0996 e. The highest BCUT2D eigenvalue weighted by Gasteiger charge is 1.99. The molecule has 0 aliphatic rings. The molecule has 0 saturated heterocycles. The van der Waals surface area contributed by atoms with E-state index in [-0.39, 0.29) is 0 Å². The van der Waals surface area contributed by atoms with Crippen molar-refractivity contribution in [2.75, 3.05) is 0 Å². The van der Waals surface area contributed by atoms with Crippen LogP contribution in [0.15, 0.2) is 41.3 Å². The van der Waals surface area contributed by atoms with E-state index in [4.69, 9.17) is 16.0 Å². The molecule has 0 radical (unpaired) electrons. The van der Waals surface area contributed by atoms with Gasteiger partial charge in [-0.25, -0.2) is 0 Å². The van der Waals surface area contributed by atoms with Crippen molar-refractivity contribution in [1.82, 2.24) is 4.98 Å². The van der Waals surface area contributed by atoms with Crippen LogP contribution in [0, 0.1) is 0 Å². The standard InChI is InChI=1S/C9H6ClNO/c10-8-1-3-11-9(5-8)7-2-4-12-6-7/h1-6H. The summed E-state index contributed by atoms with van der Waals surface area (Å²) in [6, 6.07) is 5.39. The third kappa shape index (κ3) is 1.34. The SMILES string of the molecule is Clc1ccnc(-c2ccoc2)c1. The number of rotatable bonds is 1. The number of hydrogen-bond acceptors (Lipinski definition) is 2. The van der Waals surface area contributed by atoms with E-state index < -0.39 is 0 Å². The van der Waals surface area contributed by atoms with Gasteiger partial charge in [0.25, 0.3) is 0 Å². The lowest BCUT2D eigenvalue weighted by Gasteiger charge is -1.94. The first-order valence-electron chi connectivity index (χ1n) is 3.50. The van der Waals surface area contributed by atoms with E-state index >= 15 is 0 Å². The van der Waals surface area contributed by atoms with Gasteiger partial charge in [-0.3, -0.25) is 4.98 Å². The van der Waals surface area contributed by atoms with Gasteiger partial charge in [-0.15, -0.1) is 0 Å². The maximum atomic E-state index is 5.79. The molecule has 2 rings (SSSR count). The Labute approximate surface area is 74.8 Å². The monoisotopic (exact) mass is 179 g/mol. The smallest absolute Gasteiger partial charge is 0.0996 e. The Morgan fingerprint density at radius 1 is 1.33 bits per heavy atom. The van der Waals surface area contributed by atoms with Crippen molar-refractivity contribution in [2.24, 2.45) is 0 Å². The van der Waals surface area contributed by atoms with Crippen LogP contribution in [-0.4, -0.2) is 4.98 Å². The van der Waals surface area contributed by atoms with E-state index in [2.05, 4.69) is 4.98 Å². The van der Waals surface area contributed by atoms with Crippen LogP contribution in [0.25, 0.3) is 11.3 Å². The number of pyridine rings is 1. The minimum absolute atomic E-state index is 0.682.